The van der Waals surface area contributed by atoms with E-state index in [4.69, 9.17) is 0 Å². The lowest BCUT2D eigenvalue weighted by Crippen LogP contribution is -2.26. The Labute approximate surface area is 80.8 Å². The first-order valence-corrected chi connectivity index (χ1v) is 4.11. The molecule has 0 saturated heterocycles. The Hall–Kier alpha value is -1.84. The number of aryl methyl sites for hydroxylation is 1. The molecule has 74 valence electrons. The third-order valence-corrected chi connectivity index (χ3v) is 1.87. The average molecular weight is 192 g/mol. The summed E-state index contributed by atoms with van der Waals surface area (Å²) in [5, 5.41) is 21.0. The maximum absolute atomic E-state index is 10.5. The molecule has 1 aromatic rings. The van der Waals surface area contributed by atoms with Crippen molar-refractivity contribution in [1.82, 2.24) is 0 Å². The number of carbonyl (C=O) groups excluding carboxylic acids is 2. The van der Waals surface area contributed by atoms with Crippen LogP contribution in [0.25, 0.3) is 0 Å². The largest absolute Gasteiger partial charge is 0.545 e. The van der Waals surface area contributed by atoms with Gasteiger partial charge in [-0.25, -0.2) is 0 Å². The van der Waals surface area contributed by atoms with E-state index in [2.05, 4.69) is 0 Å². The number of carboxylic acids is 2. The first-order chi connectivity index (χ1) is 6.54. The van der Waals surface area contributed by atoms with Gasteiger partial charge in [-0.15, -0.1) is 0 Å². The summed E-state index contributed by atoms with van der Waals surface area (Å²) in [5.74, 6) is -2.77. The zero-order valence-electron chi connectivity index (χ0n) is 7.57. The lowest BCUT2D eigenvalue weighted by Gasteiger charge is -2.09. The number of hydrogen-bond acceptors (Lipinski definition) is 4. The van der Waals surface area contributed by atoms with Gasteiger partial charge in [0.25, 0.3) is 0 Å². The van der Waals surface area contributed by atoms with Gasteiger partial charge in [0.2, 0.25) is 0 Å². The lowest BCUT2D eigenvalue weighted by molar-refractivity contribution is -0.255. The predicted molar refractivity (Wildman–Crippen MR) is 44.5 cm³/mol. The van der Waals surface area contributed by atoms with Crippen molar-refractivity contribution in [2.45, 2.75) is 13.3 Å². The highest BCUT2D eigenvalue weighted by molar-refractivity contribution is 5.92. The Kier molecular flexibility index (Phi) is 2.86. The van der Waals surface area contributed by atoms with Gasteiger partial charge in [0.15, 0.2) is 0 Å². The summed E-state index contributed by atoms with van der Waals surface area (Å²) >= 11 is 0. The summed E-state index contributed by atoms with van der Waals surface area (Å²) in [6.07, 6.45) is 0.557. The Morgan fingerprint density at radius 3 is 1.79 bits per heavy atom. The second-order valence-electron chi connectivity index (χ2n) is 2.85. The lowest BCUT2D eigenvalue weighted by atomic mass is 10.0. The first kappa shape index (κ1) is 10.2. The third kappa shape index (κ3) is 2.10. The average Bonchev–Trinajstić information content (AvgIpc) is 2.16. The van der Waals surface area contributed by atoms with Crippen LogP contribution in [0.3, 0.4) is 0 Å². The van der Waals surface area contributed by atoms with Crippen LogP contribution in [0.1, 0.15) is 33.2 Å². The number of carboxylic acid groups (broad SMARTS) is 2. The minimum absolute atomic E-state index is 0.136. The van der Waals surface area contributed by atoms with Crippen LogP contribution in [-0.2, 0) is 6.42 Å². The monoisotopic (exact) mass is 192 g/mol. The van der Waals surface area contributed by atoms with Crippen molar-refractivity contribution >= 4 is 11.9 Å². The maximum Gasteiger partial charge on any atom is 0.0715 e. The quantitative estimate of drug-likeness (QED) is 0.613. The predicted octanol–water partition coefficient (Wildman–Crippen LogP) is -1.02. The molecule has 0 aromatic heterocycles. The summed E-state index contributed by atoms with van der Waals surface area (Å²) in [5.41, 5.74) is 0.359. The van der Waals surface area contributed by atoms with E-state index in [0.29, 0.717) is 12.0 Å². The SMILES string of the molecule is CCc1cc(C(=O)[O-])cc(C(=O)[O-])c1. The topological polar surface area (TPSA) is 80.3 Å². The van der Waals surface area contributed by atoms with Crippen molar-refractivity contribution in [2.24, 2.45) is 0 Å². The van der Waals surface area contributed by atoms with Crippen molar-refractivity contribution in [2.75, 3.05) is 0 Å². The van der Waals surface area contributed by atoms with E-state index in [9.17, 15) is 19.8 Å². The highest BCUT2D eigenvalue weighted by atomic mass is 16.4. The van der Waals surface area contributed by atoms with Gasteiger partial charge >= 0.3 is 0 Å². The molecule has 0 atom stereocenters. The minimum atomic E-state index is -1.39. The fourth-order valence-electron chi connectivity index (χ4n) is 1.13. The summed E-state index contributed by atoms with van der Waals surface area (Å²) in [7, 11) is 0. The Balaban J connectivity index is 3.27. The molecule has 0 bridgehead atoms. The molecule has 0 radical (unpaired) electrons. The maximum atomic E-state index is 10.5. The van der Waals surface area contributed by atoms with Crippen LogP contribution in [0.5, 0.6) is 0 Å². The second-order valence-corrected chi connectivity index (χ2v) is 2.85. The molecule has 4 heteroatoms. The number of benzene rings is 1. The van der Waals surface area contributed by atoms with E-state index < -0.39 is 11.9 Å². The Bertz CT molecular complexity index is 349. The van der Waals surface area contributed by atoms with Gasteiger partial charge in [-0.05, 0) is 41.3 Å². The van der Waals surface area contributed by atoms with Crippen molar-refractivity contribution in [3.05, 3.63) is 34.9 Å². The van der Waals surface area contributed by atoms with Crippen LogP contribution in [0.2, 0.25) is 0 Å². The van der Waals surface area contributed by atoms with Crippen LogP contribution in [0.4, 0.5) is 0 Å². The van der Waals surface area contributed by atoms with Gasteiger partial charge in [0.1, 0.15) is 0 Å². The summed E-state index contributed by atoms with van der Waals surface area (Å²) in [4.78, 5) is 21.0. The second kappa shape index (κ2) is 3.91. The van der Waals surface area contributed by atoms with E-state index in [1.165, 1.54) is 12.1 Å². The molecule has 14 heavy (non-hydrogen) atoms. The molecule has 0 fully saturated rings. The molecular weight excluding hydrogens is 184 g/mol. The molecule has 1 aromatic carbocycles. The molecule has 0 saturated carbocycles. The molecular formula is C10H8O4-2. The van der Waals surface area contributed by atoms with Crippen LogP contribution in [-0.4, -0.2) is 11.9 Å². The fraction of sp³-hybridized carbons (Fsp3) is 0.200. The molecule has 0 amide bonds. The molecule has 0 aliphatic rings. The first-order valence-electron chi connectivity index (χ1n) is 4.11. The molecule has 0 N–H and O–H groups in total. The van der Waals surface area contributed by atoms with Crippen molar-refractivity contribution < 1.29 is 19.8 Å². The number of rotatable bonds is 3. The molecule has 0 heterocycles. The van der Waals surface area contributed by atoms with E-state index in [0.717, 1.165) is 6.07 Å². The van der Waals surface area contributed by atoms with E-state index in [-0.39, 0.29) is 11.1 Å². The zero-order valence-corrected chi connectivity index (χ0v) is 7.57. The smallest absolute Gasteiger partial charge is 0.0715 e. The number of carbonyl (C=O) groups is 2. The van der Waals surface area contributed by atoms with Gasteiger partial charge in [0, 0.05) is 0 Å². The summed E-state index contributed by atoms with van der Waals surface area (Å²) < 4.78 is 0. The van der Waals surface area contributed by atoms with E-state index in [1.54, 1.807) is 6.92 Å². The fourth-order valence-corrected chi connectivity index (χ4v) is 1.13. The van der Waals surface area contributed by atoms with Gasteiger partial charge in [-0.3, -0.25) is 0 Å². The van der Waals surface area contributed by atoms with Crippen molar-refractivity contribution in [3.8, 4) is 0 Å². The highest BCUT2D eigenvalue weighted by Gasteiger charge is 2.01. The molecule has 0 spiro atoms. The van der Waals surface area contributed by atoms with Gasteiger partial charge < -0.3 is 19.8 Å². The van der Waals surface area contributed by atoms with E-state index in [1.807, 2.05) is 0 Å². The standard InChI is InChI=1S/C10H10O4/c1-2-6-3-7(9(11)12)5-8(4-6)10(13)14/h3-5H,2H2,1H3,(H,11,12)(H,13,14)/p-2. The molecule has 0 aliphatic heterocycles. The summed E-state index contributed by atoms with van der Waals surface area (Å²) in [6.45, 7) is 1.80. The minimum Gasteiger partial charge on any atom is -0.545 e. The normalized spacial score (nSPS) is 9.79. The van der Waals surface area contributed by atoms with Gasteiger partial charge in [-0.2, -0.15) is 0 Å². The van der Waals surface area contributed by atoms with E-state index >= 15 is 0 Å². The molecule has 1 rings (SSSR count). The van der Waals surface area contributed by atoms with Crippen LogP contribution < -0.4 is 10.2 Å². The van der Waals surface area contributed by atoms with Gasteiger partial charge in [0.05, 0.1) is 11.9 Å². The van der Waals surface area contributed by atoms with Crippen molar-refractivity contribution in [3.63, 3.8) is 0 Å². The van der Waals surface area contributed by atoms with Crippen molar-refractivity contribution in [1.29, 1.82) is 0 Å². The molecule has 0 aliphatic carbocycles. The zero-order chi connectivity index (χ0) is 10.7. The Morgan fingerprint density at radius 1 is 1.07 bits per heavy atom. The highest BCUT2D eigenvalue weighted by Crippen LogP contribution is 2.10. The van der Waals surface area contributed by atoms with Crippen LogP contribution in [0, 0.1) is 0 Å². The van der Waals surface area contributed by atoms with Gasteiger partial charge in [-0.1, -0.05) is 6.92 Å². The third-order valence-electron chi connectivity index (χ3n) is 1.87. The van der Waals surface area contributed by atoms with Crippen LogP contribution in [0.15, 0.2) is 18.2 Å². The number of aromatic carboxylic acids is 2. The molecule has 0 unspecified atom stereocenters. The Morgan fingerprint density at radius 2 is 1.50 bits per heavy atom. The summed E-state index contributed by atoms with van der Waals surface area (Å²) in [6, 6.07) is 3.81. The molecule has 4 nitrogen and oxygen atoms in total. The van der Waals surface area contributed by atoms with Crippen LogP contribution >= 0.6 is 0 Å². The number of hydrogen-bond donors (Lipinski definition) is 0.